The summed E-state index contributed by atoms with van der Waals surface area (Å²) < 4.78 is 5.92. The Kier molecular flexibility index (Phi) is 5.50. The summed E-state index contributed by atoms with van der Waals surface area (Å²) in [5.74, 6) is 3.09. The van der Waals surface area contributed by atoms with Crippen molar-refractivity contribution in [3.63, 3.8) is 0 Å². The van der Waals surface area contributed by atoms with Crippen LogP contribution in [0.5, 0.6) is 0 Å². The summed E-state index contributed by atoms with van der Waals surface area (Å²) in [6.07, 6.45) is 4.07. The second-order valence-electron chi connectivity index (χ2n) is 7.58. The summed E-state index contributed by atoms with van der Waals surface area (Å²) in [6, 6.07) is 2.24. The second-order valence-corrected chi connectivity index (χ2v) is 7.58. The van der Waals surface area contributed by atoms with E-state index < -0.39 is 0 Å². The molecule has 0 unspecified atom stereocenters. The van der Waals surface area contributed by atoms with E-state index in [1.807, 2.05) is 0 Å². The van der Waals surface area contributed by atoms with E-state index in [1.54, 1.807) is 0 Å². The van der Waals surface area contributed by atoms with E-state index in [0.29, 0.717) is 0 Å². The molecule has 0 amide bonds. The minimum absolute atomic E-state index is 0.126. The van der Waals surface area contributed by atoms with Crippen molar-refractivity contribution >= 4 is 0 Å². The van der Waals surface area contributed by atoms with Crippen LogP contribution in [0.1, 0.15) is 64.0 Å². The molecule has 120 valence electrons. The maximum Gasteiger partial charge on any atom is 0.118 e. The Morgan fingerprint density at radius 1 is 1.33 bits per heavy atom. The van der Waals surface area contributed by atoms with Gasteiger partial charge in [0.2, 0.25) is 0 Å². The molecule has 21 heavy (non-hydrogen) atoms. The largest absolute Gasteiger partial charge is 0.465 e. The van der Waals surface area contributed by atoms with Gasteiger partial charge < -0.3 is 9.73 Å². The van der Waals surface area contributed by atoms with Gasteiger partial charge in [0.15, 0.2) is 0 Å². The zero-order valence-electron chi connectivity index (χ0n) is 14.5. The van der Waals surface area contributed by atoms with Gasteiger partial charge >= 0.3 is 0 Å². The van der Waals surface area contributed by atoms with Gasteiger partial charge in [0.1, 0.15) is 11.5 Å². The van der Waals surface area contributed by atoms with Crippen molar-refractivity contribution in [1.29, 1.82) is 0 Å². The predicted octanol–water partition coefficient (Wildman–Crippen LogP) is 4.10. The average molecular weight is 292 g/mol. The third kappa shape index (κ3) is 5.84. The Morgan fingerprint density at radius 2 is 2.05 bits per heavy atom. The van der Waals surface area contributed by atoms with Crippen molar-refractivity contribution < 1.29 is 4.42 Å². The van der Waals surface area contributed by atoms with Gasteiger partial charge in [0, 0.05) is 24.2 Å². The predicted molar refractivity (Wildman–Crippen MR) is 88.3 cm³/mol. The smallest absolute Gasteiger partial charge is 0.118 e. The standard InChI is InChI=1S/C18H32N2O/c1-6-9-20(12-15-7-8-15)13-16-10-17(21-14(16)2)11-19-18(3,4)5/h10,15,19H,6-9,11-13H2,1-5H3. The third-order valence-corrected chi connectivity index (χ3v) is 4.01. The van der Waals surface area contributed by atoms with Crippen LogP contribution in [0, 0.1) is 12.8 Å². The van der Waals surface area contributed by atoms with Crippen LogP contribution in [0.4, 0.5) is 0 Å². The minimum Gasteiger partial charge on any atom is -0.465 e. The number of nitrogens with zero attached hydrogens (tertiary/aromatic N) is 1. The Hall–Kier alpha value is -0.800. The van der Waals surface area contributed by atoms with Crippen molar-refractivity contribution in [2.24, 2.45) is 5.92 Å². The summed E-state index contributed by atoms with van der Waals surface area (Å²) in [7, 11) is 0. The molecule has 2 rings (SSSR count). The van der Waals surface area contributed by atoms with Gasteiger partial charge in [-0.1, -0.05) is 6.92 Å². The summed E-state index contributed by atoms with van der Waals surface area (Å²) in [5, 5.41) is 3.49. The summed E-state index contributed by atoms with van der Waals surface area (Å²) in [4.78, 5) is 2.59. The van der Waals surface area contributed by atoms with Crippen LogP contribution >= 0.6 is 0 Å². The highest BCUT2D eigenvalue weighted by Crippen LogP contribution is 2.30. The van der Waals surface area contributed by atoms with E-state index in [2.05, 4.69) is 50.9 Å². The van der Waals surface area contributed by atoms with Gasteiger partial charge in [-0.2, -0.15) is 0 Å². The normalized spacial score (nSPS) is 15.9. The highest BCUT2D eigenvalue weighted by atomic mass is 16.3. The van der Waals surface area contributed by atoms with Crippen LogP contribution in [-0.2, 0) is 13.1 Å². The van der Waals surface area contributed by atoms with Crippen LogP contribution in [0.15, 0.2) is 10.5 Å². The number of aryl methyl sites for hydroxylation is 1. The lowest BCUT2D eigenvalue weighted by Crippen LogP contribution is -2.34. The number of furan rings is 1. The zero-order chi connectivity index (χ0) is 15.5. The fraction of sp³-hybridized carbons (Fsp3) is 0.778. The molecule has 1 saturated carbocycles. The first kappa shape index (κ1) is 16.6. The van der Waals surface area contributed by atoms with E-state index in [4.69, 9.17) is 4.42 Å². The third-order valence-electron chi connectivity index (χ3n) is 4.01. The molecule has 0 spiro atoms. The van der Waals surface area contributed by atoms with Crippen molar-refractivity contribution in [3.8, 4) is 0 Å². The molecule has 0 saturated heterocycles. The molecule has 0 bridgehead atoms. The molecule has 1 aliphatic rings. The van der Waals surface area contributed by atoms with Gasteiger partial charge in [-0.3, -0.25) is 4.90 Å². The maximum absolute atomic E-state index is 5.92. The Balaban J connectivity index is 1.93. The lowest BCUT2D eigenvalue weighted by atomic mass is 10.1. The summed E-state index contributed by atoms with van der Waals surface area (Å²) in [5.41, 5.74) is 1.48. The quantitative estimate of drug-likeness (QED) is 0.782. The average Bonchev–Trinajstić information content (AvgIpc) is 3.11. The molecular weight excluding hydrogens is 260 g/mol. The molecule has 1 heterocycles. The van der Waals surface area contributed by atoms with E-state index in [1.165, 1.54) is 37.9 Å². The van der Waals surface area contributed by atoms with Gasteiger partial charge in [0.25, 0.3) is 0 Å². The molecule has 0 atom stereocenters. The molecule has 3 nitrogen and oxygen atoms in total. The maximum atomic E-state index is 5.92. The van der Waals surface area contributed by atoms with Crippen molar-refractivity contribution in [2.75, 3.05) is 13.1 Å². The van der Waals surface area contributed by atoms with Crippen LogP contribution < -0.4 is 5.32 Å². The van der Waals surface area contributed by atoms with E-state index in [-0.39, 0.29) is 5.54 Å². The molecular formula is C18H32N2O. The fourth-order valence-electron chi connectivity index (χ4n) is 2.64. The molecule has 1 aromatic rings. The number of rotatable bonds is 8. The second kappa shape index (κ2) is 6.97. The zero-order valence-corrected chi connectivity index (χ0v) is 14.5. The number of hydrogen-bond acceptors (Lipinski definition) is 3. The van der Waals surface area contributed by atoms with E-state index >= 15 is 0 Å². The highest BCUT2D eigenvalue weighted by molar-refractivity contribution is 5.21. The molecule has 1 aliphatic carbocycles. The molecule has 0 aliphatic heterocycles. The van der Waals surface area contributed by atoms with Crippen LogP contribution in [0.3, 0.4) is 0 Å². The molecule has 1 fully saturated rings. The minimum atomic E-state index is 0.126. The molecule has 0 aromatic carbocycles. The van der Waals surface area contributed by atoms with Gasteiger partial charge in [-0.05, 0) is 65.5 Å². The first-order valence-corrected chi connectivity index (χ1v) is 8.43. The Morgan fingerprint density at radius 3 is 2.62 bits per heavy atom. The van der Waals surface area contributed by atoms with E-state index in [0.717, 1.165) is 30.5 Å². The summed E-state index contributed by atoms with van der Waals surface area (Å²) >= 11 is 0. The van der Waals surface area contributed by atoms with Crippen LogP contribution in [0.25, 0.3) is 0 Å². The lowest BCUT2D eigenvalue weighted by Gasteiger charge is -2.21. The number of nitrogens with one attached hydrogen (secondary N) is 1. The van der Waals surface area contributed by atoms with E-state index in [9.17, 15) is 0 Å². The van der Waals surface area contributed by atoms with Crippen molar-refractivity contribution in [1.82, 2.24) is 10.2 Å². The van der Waals surface area contributed by atoms with Gasteiger partial charge in [-0.25, -0.2) is 0 Å². The topological polar surface area (TPSA) is 28.4 Å². The number of hydrogen-bond donors (Lipinski definition) is 1. The fourth-order valence-corrected chi connectivity index (χ4v) is 2.64. The van der Waals surface area contributed by atoms with Crippen molar-refractivity contribution in [3.05, 3.63) is 23.2 Å². The molecule has 1 aromatic heterocycles. The monoisotopic (exact) mass is 292 g/mol. The molecule has 0 radical (unpaired) electrons. The van der Waals surface area contributed by atoms with Crippen LogP contribution in [0.2, 0.25) is 0 Å². The van der Waals surface area contributed by atoms with Crippen LogP contribution in [-0.4, -0.2) is 23.5 Å². The SMILES string of the molecule is CCCN(Cc1cc(CNC(C)(C)C)oc1C)CC1CC1. The highest BCUT2D eigenvalue weighted by Gasteiger charge is 2.24. The Bertz CT molecular complexity index is 441. The molecule has 3 heteroatoms. The van der Waals surface area contributed by atoms with Crippen molar-refractivity contribution in [2.45, 2.75) is 72.5 Å². The first-order chi connectivity index (χ1) is 9.87. The van der Waals surface area contributed by atoms with Gasteiger partial charge in [-0.15, -0.1) is 0 Å². The van der Waals surface area contributed by atoms with Gasteiger partial charge in [0.05, 0.1) is 6.54 Å². The first-order valence-electron chi connectivity index (χ1n) is 8.43. The summed E-state index contributed by atoms with van der Waals surface area (Å²) in [6.45, 7) is 15.2. The Labute approximate surface area is 130 Å². The lowest BCUT2D eigenvalue weighted by molar-refractivity contribution is 0.253. The molecule has 1 N–H and O–H groups in total.